The van der Waals surface area contributed by atoms with Crippen molar-refractivity contribution in [2.75, 3.05) is 72.0 Å². The Hall–Kier alpha value is -1.75. The molecule has 0 amide bonds. The Morgan fingerprint density at radius 1 is 0.621 bits per heavy atom. The van der Waals surface area contributed by atoms with Crippen LogP contribution in [0.1, 0.15) is 27.7 Å². The van der Waals surface area contributed by atoms with Gasteiger partial charge in [-0.3, -0.25) is 34.0 Å². The van der Waals surface area contributed by atoms with Crippen LogP contribution >= 0.6 is 0 Å². The smallest absolute Gasteiger partial charge is 0.317 e. The van der Waals surface area contributed by atoms with Crippen molar-refractivity contribution in [3.8, 4) is 0 Å². The topological polar surface area (TPSA) is 125 Å². The number of carboxylic acid groups (broad SMARTS) is 3. The molecule has 170 valence electrons. The van der Waals surface area contributed by atoms with E-state index in [1.807, 2.05) is 23.6 Å². The number of nitrogens with zero attached hydrogens (tertiary/aromatic N) is 4. The van der Waals surface area contributed by atoms with E-state index in [-0.39, 0.29) is 25.7 Å². The lowest BCUT2D eigenvalue weighted by Gasteiger charge is -2.34. The molecule has 0 aromatic carbocycles. The first-order chi connectivity index (χ1) is 13.7. The SMILES string of the molecule is CC.CC(C)N1CCN(CC(=O)O)CCN(CC(=O)O)CCN(CC(=O)O)CC1. The van der Waals surface area contributed by atoms with Crippen molar-refractivity contribution >= 4 is 17.9 Å². The third-order valence-corrected chi connectivity index (χ3v) is 4.68. The van der Waals surface area contributed by atoms with E-state index in [0.717, 1.165) is 0 Å². The van der Waals surface area contributed by atoms with Gasteiger partial charge in [0.2, 0.25) is 0 Å². The molecule has 1 heterocycles. The minimum atomic E-state index is -0.956. The summed E-state index contributed by atoms with van der Waals surface area (Å²) in [5, 5.41) is 27.4. The summed E-state index contributed by atoms with van der Waals surface area (Å²) in [4.78, 5) is 41.0. The van der Waals surface area contributed by atoms with Crippen molar-refractivity contribution in [1.29, 1.82) is 0 Å². The maximum absolute atomic E-state index is 11.1. The van der Waals surface area contributed by atoms with Crippen molar-refractivity contribution in [1.82, 2.24) is 19.6 Å². The third-order valence-electron chi connectivity index (χ3n) is 4.68. The van der Waals surface area contributed by atoms with E-state index in [9.17, 15) is 14.4 Å². The van der Waals surface area contributed by atoms with E-state index < -0.39 is 17.9 Å². The Balaban J connectivity index is 0.00000379. The highest BCUT2D eigenvalue weighted by Crippen LogP contribution is 2.04. The molecule has 10 heteroatoms. The van der Waals surface area contributed by atoms with E-state index >= 15 is 0 Å². The Bertz CT molecular complexity index is 471. The van der Waals surface area contributed by atoms with Gasteiger partial charge < -0.3 is 15.3 Å². The van der Waals surface area contributed by atoms with Crippen LogP contribution in [0.4, 0.5) is 0 Å². The maximum Gasteiger partial charge on any atom is 0.317 e. The summed E-state index contributed by atoms with van der Waals surface area (Å²) in [6.45, 7) is 12.0. The van der Waals surface area contributed by atoms with E-state index in [0.29, 0.717) is 52.4 Å². The van der Waals surface area contributed by atoms with Crippen LogP contribution in [-0.2, 0) is 14.4 Å². The van der Waals surface area contributed by atoms with Gasteiger partial charge in [-0.25, -0.2) is 0 Å². The summed E-state index contributed by atoms with van der Waals surface area (Å²) in [5.41, 5.74) is 0. The number of aliphatic carboxylic acids is 3. The van der Waals surface area contributed by atoms with E-state index in [1.54, 1.807) is 4.90 Å². The Labute approximate surface area is 173 Å². The van der Waals surface area contributed by atoms with Gasteiger partial charge in [0.05, 0.1) is 19.6 Å². The molecule has 0 atom stereocenters. The molecule has 1 fully saturated rings. The molecule has 0 unspecified atom stereocenters. The monoisotopic (exact) mass is 418 g/mol. The molecule has 0 spiro atoms. The van der Waals surface area contributed by atoms with Crippen LogP contribution in [0.25, 0.3) is 0 Å². The number of carbonyl (C=O) groups is 3. The molecular formula is C19H38N4O6. The molecule has 0 radical (unpaired) electrons. The van der Waals surface area contributed by atoms with Crippen molar-refractivity contribution < 1.29 is 29.7 Å². The van der Waals surface area contributed by atoms with Gasteiger partial charge in [0.25, 0.3) is 0 Å². The summed E-state index contributed by atoms with van der Waals surface area (Å²) in [6, 6.07) is 0.259. The van der Waals surface area contributed by atoms with E-state index in [4.69, 9.17) is 15.3 Å². The van der Waals surface area contributed by atoms with Crippen LogP contribution in [0.15, 0.2) is 0 Å². The molecule has 1 aliphatic heterocycles. The molecule has 0 aromatic heterocycles. The first-order valence-electron chi connectivity index (χ1n) is 10.2. The summed E-state index contributed by atoms with van der Waals surface area (Å²) >= 11 is 0. The van der Waals surface area contributed by atoms with Crippen LogP contribution in [0, 0.1) is 0 Å². The highest BCUT2D eigenvalue weighted by Gasteiger charge is 2.20. The van der Waals surface area contributed by atoms with Crippen molar-refractivity contribution in [2.45, 2.75) is 33.7 Å². The molecule has 1 aliphatic rings. The Morgan fingerprint density at radius 3 is 1.07 bits per heavy atom. The average molecular weight is 419 g/mol. The first kappa shape index (κ1) is 27.2. The standard InChI is InChI=1S/C17H32N4O6.C2H6/c1-14(2)21-9-7-19(12-16(24)25)5-3-18(11-15(22)23)4-6-20(8-10-21)13-17(26)27;1-2/h14H,3-13H2,1-2H3,(H,22,23)(H,24,25)(H,26,27);1-2H3. The lowest BCUT2D eigenvalue weighted by Crippen LogP contribution is -2.49. The van der Waals surface area contributed by atoms with Crippen molar-refractivity contribution in [2.24, 2.45) is 0 Å². The fraction of sp³-hybridized carbons (Fsp3) is 0.842. The third kappa shape index (κ3) is 13.2. The van der Waals surface area contributed by atoms with Crippen molar-refractivity contribution in [3.05, 3.63) is 0 Å². The molecule has 1 saturated heterocycles. The quantitative estimate of drug-likeness (QED) is 0.516. The lowest BCUT2D eigenvalue weighted by molar-refractivity contribution is -0.140. The molecule has 3 N–H and O–H groups in total. The highest BCUT2D eigenvalue weighted by atomic mass is 16.4. The number of rotatable bonds is 7. The van der Waals surface area contributed by atoms with E-state index in [2.05, 4.69) is 18.7 Å². The zero-order valence-corrected chi connectivity index (χ0v) is 18.2. The summed E-state index contributed by atoms with van der Waals surface area (Å²) in [6.07, 6.45) is 0. The lowest BCUT2D eigenvalue weighted by atomic mass is 10.2. The number of carboxylic acids is 3. The molecule has 0 bridgehead atoms. The van der Waals surface area contributed by atoms with E-state index in [1.165, 1.54) is 0 Å². The highest BCUT2D eigenvalue weighted by molar-refractivity contribution is 5.69. The van der Waals surface area contributed by atoms with Gasteiger partial charge in [0.15, 0.2) is 0 Å². The first-order valence-corrected chi connectivity index (χ1v) is 10.2. The molecular weight excluding hydrogens is 380 g/mol. The molecule has 10 nitrogen and oxygen atoms in total. The Kier molecular flexibility index (Phi) is 14.2. The zero-order valence-electron chi connectivity index (χ0n) is 18.2. The fourth-order valence-corrected chi connectivity index (χ4v) is 3.12. The minimum Gasteiger partial charge on any atom is -0.480 e. The van der Waals surface area contributed by atoms with Crippen LogP contribution in [-0.4, -0.2) is 131 Å². The normalized spacial score (nSPS) is 18.9. The average Bonchev–Trinajstić information content (AvgIpc) is 2.61. The predicted octanol–water partition coefficient (Wildman–Crippen LogP) is -0.104. The van der Waals surface area contributed by atoms with Gasteiger partial charge in [0, 0.05) is 58.4 Å². The second-order valence-corrected chi connectivity index (χ2v) is 7.14. The number of hydrogen-bond acceptors (Lipinski definition) is 7. The van der Waals surface area contributed by atoms with Crippen molar-refractivity contribution in [3.63, 3.8) is 0 Å². The fourth-order valence-electron chi connectivity index (χ4n) is 3.12. The van der Waals surface area contributed by atoms with Gasteiger partial charge in [0.1, 0.15) is 0 Å². The largest absolute Gasteiger partial charge is 0.480 e. The second kappa shape index (κ2) is 15.1. The second-order valence-electron chi connectivity index (χ2n) is 7.14. The van der Waals surface area contributed by atoms with Crippen LogP contribution in [0.3, 0.4) is 0 Å². The number of hydrogen-bond donors (Lipinski definition) is 3. The molecule has 0 aromatic rings. The molecule has 0 aliphatic carbocycles. The molecule has 0 saturated carbocycles. The van der Waals surface area contributed by atoms with Crippen LogP contribution < -0.4 is 0 Å². The maximum atomic E-state index is 11.1. The minimum absolute atomic E-state index is 0.0853. The molecule has 1 rings (SSSR count). The van der Waals surface area contributed by atoms with Gasteiger partial charge >= 0.3 is 17.9 Å². The molecule has 29 heavy (non-hydrogen) atoms. The predicted molar refractivity (Wildman–Crippen MR) is 110 cm³/mol. The van der Waals surface area contributed by atoms with Gasteiger partial charge in [-0.15, -0.1) is 0 Å². The summed E-state index contributed by atoms with van der Waals surface area (Å²) in [5.74, 6) is -2.77. The van der Waals surface area contributed by atoms with Crippen LogP contribution in [0.5, 0.6) is 0 Å². The zero-order chi connectivity index (χ0) is 22.4. The Morgan fingerprint density at radius 2 is 0.862 bits per heavy atom. The summed E-state index contributed by atoms with van der Waals surface area (Å²) < 4.78 is 0. The van der Waals surface area contributed by atoms with Gasteiger partial charge in [-0.1, -0.05) is 13.8 Å². The summed E-state index contributed by atoms with van der Waals surface area (Å²) in [7, 11) is 0. The van der Waals surface area contributed by atoms with Gasteiger partial charge in [-0.05, 0) is 13.8 Å². The van der Waals surface area contributed by atoms with Gasteiger partial charge in [-0.2, -0.15) is 0 Å². The van der Waals surface area contributed by atoms with Crippen LogP contribution in [0.2, 0.25) is 0 Å².